The van der Waals surface area contributed by atoms with E-state index >= 15 is 0 Å². The van der Waals surface area contributed by atoms with E-state index in [9.17, 15) is 9.59 Å². The van der Waals surface area contributed by atoms with Gasteiger partial charge in [0.2, 0.25) is 18.6 Å². The van der Waals surface area contributed by atoms with E-state index in [2.05, 4.69) is 54.2 Å². The summed E-state index contributed by atoms with van der Waals surface area (Å²) in [5.74, 6) is 1.53. The van der Waals surface area contributed by atoms with Crippen LogP contribution in [0.15, 0.2) is 42.5 Å². The van der Waals surface area contributed by atoms with Crippen molar-refractivity contribution in [2.45, 2.75) is 70.8 Å². The van der Waals surface area contributed by atoms with Crippen LogP contribution in [-0.4, -0.2) is 29.7 Å². The van der Waals surface area contributed by atoms with E-state index in [1.165, 1.54) is 5.69 Å². The smallest absolute Gasteiger partial charge is 0.235 e. The van der Waals surface area contributed by atoms with Gasteiger partial charge in [-0.05, 0) is 68.1 Å². The molecule has 1 aliphatic carbocycles. The molecular weight excluding hydrogens is 454 g/mol. The van der Waals surface area contributed by atoms with Gasteiger partial charge >= 0.3 is 0 Å². The quantitative estimate of drug-likeness (QED) is 0.453. The number of fused-ring (bicyclic) bond motifs is 2. The molecule has 1 saturated carbocycles. The molecule has 2 heterocycles. The van der Waals surface area contributed by atoms with Crippen LogP contribution in [0.1, 0.15) is 64.6 Å². The van der Waals surface area contributed by atoms with Crippen LogP contribution in [0.5, 0.6) is 11.5 Å². The highest BCUT2D eigenvalue weighted by Gasteiger charge is 2.51. The minimum absolute atomic E-state index is 0.0122. The van der Waals surface area contributed by atoms with Gasteiger partial charge in [0.1, 0.15) is 0 Å². The first kappa shape index (κ1) is 24.2. The fourth-order valence-electron chi connectivity index (χ4n) is 5.11. The Morgan fingerprint density at radius 3 is 2.53 bits per heavy atom. The van der Waals surface area contributed by atoms with Crippen molar-refractivity contribution in [1.82, 2.24) is 9.88 Å². The molecule has 5 rings (SSSR count). The number of anilines is 1. The van der Waals surface area contributed by atoms with Crippen molar-refractivity contribution >= 4 is 28.4 Å². The summed E-state index contributed by atoms with van der Waals surface area (Å²) in [6.45, 7) is 10.2. The number of hydrogen-bond acceptors (Lipinski definition) is 4. The van der Waals surface area contributed by atoms with Crippen LogP contribution < -0.4 is 20.1 Å². The second-order valence-electron chi connectivity index (χ2n) is 10.9. The molecule has 3 aromatic rings. The molecule has 36 heavy (non-hydrogen) atoms. The number of aryl methyl sites for hydroxylation is 1. The summed E-state index contributed by atoms with van der Waals surface area (Å²) in [6.07, 6.45) is 2.91. The highest BCUT2D eigenvalue weighted by Crippen LogP contribution is 2.51. The van der Waals surface area contributed by atoms with E-state index in [0.717, 1.165) is 53.7 Å². The lowest BCUT2D eigenvalue weighted by Gasteiger charge is -2.22. The molecule has 1 aliphatic heterocycles. The van der Waals surface area contributed by atoms with E-state index in [0.29, 0.717) is 18.7 Å². The van der Waals surface area contributed by atoms with E-state index in [1.807, 2.05) is 31.2 Å². The minimum atomic E-state index is -0.516. The molecule has 2 amide bonds. The summed E-state index contributed by atoms with van der Waals surface area (Å²) in [5, 5.41) is 7.13. The number of rotatable bonds is 8. The van der Waals surface area contributed by atoms with E-state index in [-0.39, 0.29) is 24.0 Å². The zero-order valence-corrected chi connectivity index (χ0v) is 21.6. The van der Waals surface area contributed by atoms with Gasteiger partial charge in [-0.3, -0.25) is 9.59 Å². The monoisotopic (exact) mass is 489 g/mol. The second-order valence-corrected chi connectivity index (χ2v) is 10.9. The van der Waals surface area contributed by atoms with Crippen molar-refractivity contribution in [2.24, 2.45) is 0 Å². The second kappa shape index (κ2) is 9.19. The van der Waals surface area contributed by atoms with Gasteiger partial charge in [-0.2, -0.15) is 0 Å². The molecule has 1 aromatic heterocycles. The fraction of sp³-hybridized carbons (Fsp3) is 0.448. The normalized spacial score (nSPS) is 15.7. The molecule has 2 aromatic carbocycles. The van der Waals surface area contributed by atoms with Crippen LogP contribution in [0.25, 0.3) is 10.9 Å². The summed E-state index contributed by atoms with van der Waals surface area (Å²) < 4.78 is 13.3. The van der Waals surface area contributed by atoms with E-state index < -0.39 is 5.41 Å². The maximum atomic E-state index is 13.4. The number of amides is 2. The number of carbonyl (C=O) groups excluding carboxylic acids is 2. The van der Waals surface area contributed by atoms with E-state index in [4.69, 9.17) is 9.47 Å². The largest absolute Gasteiger partial charge is 0.454 e. The maximum absolute atomic E-state index is 13.4. The predicted molar refractivity (Wildman–Crippen MR) is 141 cm³/mol. The third kappa shape index (κ3) is 4.54. The van der Waals surface area contributed by atoms with Crippen LogP contribution in [0.4, 0.5) is 5.69 Å². The highest BCUT2D eigenvalue weighted by molar-refractivity contribution is 6.02. The van der Waals surface area contributed by atoms with Gasteiger partial charge in [-0.15, -0.1) is 0 Å². The first-order valence-corrected chi connectivity index (χ1v) is 12.8. The third-order valence-electron chi connectivity index (χ3n) is 7.20. The maximum Gasteiger partial charge on any atom is 0.235 e. The predicted octanol–water partition coefficient (Wildman–Crippen LogP) is 5.25. The van der Waals surface area contributed by atoms with Crippen molar-refractivity contribution in [1.29, 1.82) is 0 Å². The highest BCUT2D eigenvalue weighted by atomic mass is 16.7. The van der Waals surface area contributed by atoms with Gasteiger partial charge in [-0.1, -0.05) is 26.8 Å². The Kier molecular flexibility index (Phi) is 6.18. The SMILES string of the molecule is CCNC(=O)CCCn1c(C(C)(C)C)cc2cc(NC(=O)C3(c4ccc5c(c4)OCO5)CC3)ccc21. The molecule has 0 bridgehead atoms. The molecule has 0 unspecified atom stereocenters. The summed E-state index contributed by atoms with van der Waals surface area (Å²) in [5.41, 5.74) is 3.53. The van der Waals surface area contributed by atoms with E-state index in [1.54, 1.807) is 0 Å². The zero-order chi connectivity index (χ0) is 25.5. The first-order chi connectivity index (χ1) is 17.2. The molecule has 7 heteroatoms. The molecule has 0 radical (unpaired) electrons. The Morgan fingerprint density at radius 1 is 1.03 bits per heavy atom. The Labute approximate surface area is 212 Å². The average molecular weight is 490 g/mol. The molecule has 0 saturated heterocycles. The van der Waals surface area contributed by atoms with Crippen molar-refractivity contribution in [3.05, 3.63) is 53.7 Å². The summed E-state index contributed by atoms with van der Waals surface area (Å²) in [4.78, 5) is 25.3. The van der Waals surface area contributed by atoms with Crippen molar-refractivity contribution in [3.63, 3.8) is 0 Å². The molecule has 0 atom stereocenters. The van der Waals surface area contributed by atoms with Crippen molar-refractivity contribution in [3.8, 4) is 11.5 Å². The molecule has 7 nitrogen and oxygen atoms in total. The molecule has 2 N–H and O–H groups in total. The zero-order valence-electron chi connectivity index (χ0n) is 21.6. The minimum Gasteiger partial charge on any atom is -0.454 e. The fourth-order valence-corrected chi connectivity index (χ4v) is 5.11. The first-order valence-electron chi connectivity index (χ1n) is 12.8. The number of nitrogens with one attached hydrogen (secondary N) is 2. The van der Waals surface area contributed by atoms with Gasteiger partial charge in [0.05, 0.1) is 5.41 Å². The third-order valence-corrected chi connectivity index (χ3v) is 7.20. The van der Waals surface area contributed by atoms with Gasteiger partial charge in [0.25, 0.3) is 0 Å². The lowest BCUT2D eigenvalue weighted by molar-refractivity contribution is -0.121. The number of hydrogen-bond donors (Lipinski definition) is 2. The molecule has 0 spiro atoms. The van der Waals surface area contributed by atoms with Crippen LogP contribution in [0.2, 0.25) is 0 Å². The molecule has 190 valence electrons. The number of carbonyl (C=O) groups is 2. The Balaban J connectivity index is 1.36. The lowest BCUT2D eigenvalue weighted by Crippen LogP contribution is -2.27. The van der Waals surface area contributed by atoms with Crippen molar-refractivity contribution < 1.29 is 19.1 Å². The van der Waals surface area contributed by atoms with Gasteiger partial charge < -0.3 is 24.7 Å². The van der Waals surface area contributed by atoms with Crippen LogP contribution >= 0.6 is 0 Å². The molecular formula is C29H35N3O4. The van der Waals surface area contributed by atoms with Gasteiger partial charge in [0, 0.05) is 47.2 Å². The van der Waals surface area contributed by atoms with Crippen LogP contribution in [-0.2, 0) is 27.0 Å². The molecule has 1 fully saturated rings. The van der Waals surface area contributed by atoms with Gasteiger partial charge in [-0.25, -0.2) is 0 Å². The topological polar surface area (TPSA) is 81.6 Å². The number of nitrogens with zero attached hydrogens (tertiary/aromatic N) is 1. The summed E-state index contributed by atoms with van der Waals surface area (Å²) in [7, 11) is 0. The number of benzene rings is 2. The standard InChI is InChI=1S/C29H35N3O4/c1-5-30-26(33)7-6-14-32-22-10-9-21(15-19(22)16-25(32)28(2,3)4)31-27(34)29(12-13-29)20-8-11-23-24(17-20)36-18-35-23/h8-11,15-17H,5-7,12-14,18H2,1-4H3,(H,30,33)(H,31,34). The van der Waals surface area contributed by atoms with Crippen LogP contribution in [0.3, 0.4) is 0 Å². The van der Waals surface area contributed by atoms with Crippen LogP contribution in [0, 0.1) is 0 Å². The number of ether oxygens (including phenoxy) is 2. The number of aromatic nitrogens is 1. The Hall–Kier alpha value is -3.48. The lowest BCUT2D eigenvalue weighted by atomic mass is 9.92. The molecule has 2 aliphatic rings. The Morgan fingerprint density at radius 2 is 1.81 bits per heavy atom. The average Bonchev–Trinajstić information content (AvgIpc) is 3.37. The van der Waals surface area contributed by atoms with Crippen molar-refractivity contribution in [2.75, 3.05) is 18.7 Å². The summed E-state index contributed by atoms with van der Waals surface area (Å²) >= 11 is 0. The Bertz CT molecular complexity index is 1310. The van der Waals surface area contributed by atoms with Gasteiger partial charge in [0.15, 0.2) is 11.5 Å². The summed E-state index contributed by atoms with van der Waals surface area (Å²) in [6, 6.07) is 14.1.